The molecule has 0 saturated carbocycles. The van der Waals surface area contributed by atoms with E-state index in [0.29, 0.717) is 37.3 Å². The number of hydrogen-bond donors (Lipinski definition) is 3. The van der Waals surface area contributed by atoms with Crippen molar-refractivity contribution in [1.82, 2.24) is 4.90 Å². The maximum Gasteiger partial charge on any atom is 0.238 e. The minimum Gasteiger partial charge on any atom is -0.326 e. The Morgan fingerprint density at radius 2 is 1.50 bits per heavy atom. The van der Waals surface area contributed by atoms with E-state index in [0.717, 1.165) is 0 Å². The zero-order valence-electron chi connectivity index (χ0n) is 16.2. The largest absolute Gasteiger partial charge is 0.326 e. The molecule has 2 amide bonds. The van der Waals surface area contributed by atoms with Gasteiger partial charge in [-0.3, -0.25) is 14.5 Å². The SMILES string of the molecule is NS(=O)(=O)c1ccc(NC(=O)C2CCN(CC(=O)Nc3ccc(F)cc3)CC2)cc1. The third-order valence-corrected chi connectivity index (χ3v) is 5.83. The smallest absolute Gasteiger partial charge is 0.238 e. The molecule has 0 bridgehead atoms. The van der Waals surface area contributed by atoms with Crippen LogP contribution in [0.3, 0.4) is 0 Å². The third kappa shape index (κ3) is 6.09. The molecule has 0 aromatic heterocycles. The number of nitrogens with two attached hydrogens (primary N) is 1. The molecule has 1 saturated heterocycles. The third-order valence-electron chi connectivity index (χ3n) is 4.90. The predicted octanol–water partition coefficient (Wildman–Crippen LogP) is 1.76. The molecule has 10 heteroatoms. The van der Waals surface area contributed by atoms with Crippen molar-refractivity contribution in [2.24, 2.45) is 11.1 Å². The van der Waals surface area contributed by atoms with Gasteiger partial charge in [0.25, 0.3) is 0 Å². The minimum absolute atomic E-state index is 0.0206. The van der Waals surface area contributed by atoms with Crippen LogP contribution in [-0.4, -0.2) is 44.8 Å². The molecule has 160 valence electrons. The number of rotatable bonds is 6. The second-order valence-electron chi connectivity index (χ2n) is 7.16. The number of primary sulfonamides is 1. The van der Waals surface area contributed by atoms with Crippen LogP contribution in [0.2, 0.25) is 0 Å². The molecule has 4 N–H and O–H groups in total. The first-order valence-electron chi connectivity index (χ1n) is 9.42. The number of halogens is 1. The fourth-order valence-electron chi connectivity index (χ4n) is 3.26. The Morgan fingerprint density at radius 1 is 0.967 bits per heavy atom. The maximum atomic E-state index is 12.9. The van der Waals surface area contributed by atoms with E-state index in [1.54, 1.807) is 0 Å². The molecule has 1 heterocycles. The van der Waals surface area contributed by atoms with E-state index < -0.39 is 10.0 Å². The summed E-state index contributed by atoms with van der Waals surface area (Å²) < 4.78 is 35.5. The Morgan fingerprint density at radius 3 is 2.07 bits per heavy atom. The highest BCUT2D eigenvalue weighted by molar-refractivity contribution is 7.89. The van der Waals surface area contributed by atoms with Gasteiger partial charge in [0.1, 0.15) is 5.82 Å². The first-order valence-corrected chi connectivity index (χ1v) is 11.0. The zero-order chi connectivity index (χ0) is 21.7. The van der Waals surface area contributed by atoms with Gasteiger partial charge in [-0.25, -0.2) is 17.9 Å². The summed E-state index contributed by atoms with van der Waals surface area (Å²) in [5.74, 6) is -0.902. The van der Waals surface area contributed by atoms with E-state index in [-0.39, 0.29) is 35.0 Å². The van der Waals surface area contributed by atoms with Crippen molar-refractivity contribution in [3.05, 3.63) is 54.3 Å². The fourth-order valence-corrected chi connectivity index (χ4v) is 3.78. The number of anilines is 2. The Balaban J connectivity index is 1.44. The van der Waals surface area contributed by atoms with Crippen LogP contribution in [0.15, 0.2) is 53.4 Å². The molecule has 1 aliphatic heterocycles. The van der Waals surface area contributed by atoms with Crippen molar-refractivity contribution >= 4 is 33.2 Å². The molecule has 0 atom stereocenters. The fraction of sp³-hybridized carbons (Fsp3) is 0.300. The van der Waals surface area contributed by atoms with Crippen LogP contribution in [0.1, 0.15) is 12.8 Å². The second kappa shape index (κ2) is 9.33. The number of nitrogens with one attached hydrogen (secondary N) is 2. The average molecular weight is 434 g/mol. The summed E-state index contributed by atoms with van der Waals surface area (Å²) in [6.45, 7) is 1.39. The normalized spacial score (nSPS) is 15.5. The number of nitrogens with zero attached hydrogens (tertiary/aromatic N) is 1. The monoisotopic (exact) mass is 434 g/mol. The average Bonchev–Trinajstić information content (AvgIpc) is 2.70. The van der Waals surface area contributed by atoms with Gasteiger partial charge in [0.15, 0.2) is 0 Å². The van der Waals surface area contributed by atoms with Gasteiger partial charge < -0.3 is 10.6 Å². The Bertz CT molecular complexity index is 1000. The van der Waals surface area contributed by atoms with E-state index in [2.05, 4.69) is 10.6 Å². The van der Waals surface area contributed by atoms with Crippen LogP contribution in [0, 0.1) is 11.7 Å². The number of sulfonamides is 1. The van der Waals surface area contributed by atoms with Gasteiger partial charge in [-0.15, -0.1) is 0 Å². The molecule has 0 unspecified atom stereocenters. The van der Waals surface area contributed by atoms with Crippen molar-refractivity contribution in [3.8, 4) is 0 Å². The molecule has 3 rings (SSSR count). The molecule has 30 heavy (non-hydrogen) atoms. The van der Waals surface area contributed by atoms with E-state index in [1.165, 1.54) is 48.5 Å². The summed E-state index contributed by atoms with van der Waals surface area (Å²) in [6, 6.07) is 11.2. The number of amides is 2. The lowest BCUT2D eigenvalue weighted by Gasteiger charge is -2.30. The van der Waals surface area contributed by atoms with E-state index >= 15 is 0 Å². The zero-order valence-corrected chi connectivity index (χ0v) is 17.0. The van der Waals surface area contributed by atoms with Crippen molar-refractivity contribution in [2.75, 3.05) is 30.3 Å². The predicted molar refractivity (Wildman–Crippen MR) is 111 cm³/mol. The molecule has 0 spiro atoms. The lowest BCUT2D eigenvalue weighted by atomic mass is 9.96. The number of hydrogen-bond acceptors (Lipinski definition) is 5. The summed E-state index contributed by atoms with van der Waals surface area (Å²) in [5, 5.41) is 10.6. The van der Waals surface area contributed by atoms with Gasteiger partial charge in [0, 0.05) is 17.3 Å². The summed E-state index contributed by atoms with van der Waals surface area (Å²) in [4.78, 5) is 26.5. The first-order chi connectivity index (χ1) is 14.2. The van der Waals surface area contributed by atoms with E-state index in [1.807, 2.05) is 4.90 Å². The van der Waals surface area contributed by atoms with Gasteiger partial charge in [-0.05, 0) is 74.5 Å². The van der Waals surface area contributed by atoms with E-state index in [9.17, 15) is 22.4 Å². The topological polar surface area (TPSA) is 122 Å². The minimum atomic E-state index is -3.77. The van der Waals surface area contributed by atoms with Crippen LogP contribution < -0.4 is 15.8 Å². The highest BCUT2D eigenvalue weighted by Crippen LogP contribution is 2.20. The molecule has 8 nitrogen and oxygen atoms in total. The molecular weight excluding hydrogens is 411 g/mol. The quantitative estimate of drug-likeness (QED) is 0.640. The summed E-state index contributed by atoms with van der Waals surface area (Å²) in [7, 11) is -3.77. The summed E-state index contributed by atoms with van der Waals surface area (Å²) >= 11 is 0. The molecule has 1 aliphatic rings. The van der Waals surface area contributed by atoms with Gasteiger partial charge in [0.2, 0.25) is 21.8 Å². The van der Waals surface area contributed by atoms with Crippen LogP contribution in [0.4, 0.5) is 15.8 Å². The lowest BCUT2D eigenvalue weighted by molar-refractivity contribution is -0.121. The van der Waals surface area contributed by atoms with Crippen LogP contribution in [-0.2, 0) is 19.6 Å². The summed E-state index contributed by atoms with van der Waals surface area (Å²) in [5.41, 5.74) is 1.03. The van der Waals surface area contributed by atoms with Crippen molar-refractivity contribution < 1.29 is 22.4 Å². The lowest BCUT2D eigenvalue weighted by Crippen LogP contribution is -2.41. The number of carbonyl (C=O) groups excluding carboxylic acids is 2. The Kier molecular flexibility index (Phi) is 6.80. The molecule has 0 aliphatic carbocycles. The van der Waals surface area contributed by atoms with Crippen molar-refractivity contribution in [1.29, 1.82) is 0 Å². The second-order valence-corrected chi connectivity index (χ2v) is 8.73. The number of benzene rings is 2. The molecule has 2 aromatic rings. The van der Waals surface area contributed by atoms with Crippen LogP contribution in [0.5, 0.6) is 0 Å². The van der Waals surface area contributed by atoms with Crippen molar-refractivity contribution in [3.63, 3.8) is 0 Å². The summed E-state index contributed by atoms with van der Waals surface area (Å²) in [6.07, 6.45) is 1.20. The van der Waals surface area contributed by atoms with E-state index in [4.69, 9.17) is 5.14 Å². The highest BCUT2D eigenvalue weighted by Gasteiger charge is 2.26. The van der Waals surface area contributed by atoms with Gasteiger partial charge in [-0.1, -0.05) is 0 Å². The molecular formula is C20H23FN4O4S. The molecule has 2 aromatic carbocycles. The number of piperidine rings is 1. The van der Waals surface area contributed by atoms with Gasteiger partial charge >= 0.3 is 0 Å². The Labute approximate surface area is 174 Å². The van der Waals surface area contributed by atoms with Gasteiger partial charge in [-0.2, -0.15) is 0 Å². The molecule has 1 fully saturated rings. The number of likely N-dealkylation sites (tertiary alicyclic amines) is 1. The number of carbonyl (C=O) groups is 2. The maximum absolute atomic E-state index is 12.9. The highest BCUT2D eigenvalue weighted by atomic mass is 32.2. The Hall–Kier alpha value is -2.82. The van der Waals surface area contributed by atoms with Gasteiger partial charge in [0.05, 0.1) is 11.4 Å². The van der Waals surface area contributed by atoms with Crippen LogP contribution >= 0.6 is 0 Å². The van der Waals surface area contributed by atoms with Crippen molar-refractivity contribution in [2.45, 2.75) is 17.7 Å². The van der Waals surface area contributed by atoms with Crippen LogP contribution in [0.25, 0.3) is 0 Å². The molecule has 0 radical (unpaired) electrons. The first kappa shape index (κ1) is 21.9. The standard InChI is InChI=1S/C20H23FN4O4S/c21-15-1-3-16(4-2-15)23-19(26)13-25-11-9-14(10-12-25)20(27)24-17-5-7-18(8-6-17)30(22,28)29/h1-8,14H,9-13H2,(H,23,26)(H,24,27)(H2,22,28,29).